The SMILES string of the molecule is CCCCCCCCC1C(CCCCCCCC(=O)N2CCCC2)C2(Cl)C(Cl)=C(Cl)C1(Cl)C2(Cl)Cl. The van der Waals surface area contributed by atoms with Crippen LogP contribution in [0.1, 0.15) is 110 Å². The number of rotatable bonds is 15. The molecule has 3 rings (SSSR count). The van der Waals surface area contributed by atoms with Crippen LogP contribution < -0.4 is 0 Å². The van der Waals surface area contributed by atoms with Crippen LogP contribution in [0.4, 0.5) is 0 Å². The minimum Gasteiger partial charge on any atom is -0.343 e. The van der Waals surface area contributed by atoms with Crippen LogP contribution in [-0.4, -0.2) is 38.0 Å². The summed E-state index contributed by atoms with van der Waals surface area (Å²) in [7, 11) is 0. The topological polar surface area (TPSA) is 20.3 Å². The number of unbranched alkanes of at least 4 members (excludes halogenated alkanes) is 9. The van der Waals surface area contributed by atoms with E-state index in [-0.39, 0.29) is 11.8 Å². The van der Waals surface area contributed by atoms with Crippen molar-refractivity contribution in [3.63, 3.8) is 0 Å². The molecule has 3 aliphatic rings. The van der Waals surface area contributed by atoms with Crippen LogP contribution in [0.5, 0.6) is 0 Å². The van der Waals surface area contributed by atoms with E-state index in [0.717, 1.165) is 83.7 Å². The highest BCUT2D eigenvalue weighted by Crippen LogP contribution is 2.77. The maximum Gasteiger partial charge on any atom is 0.222 e. The van der Waals surface area contributed by atoms with Crippen molar-refractivity contribution in [2.45, 2.75) is 124 Å². The van der Waals surface area contributed by atoms with Crippen molar-refractivity contribution in [1.29, 1.82) is 0 Å². The molecule has 1 heterocycles. The average molecular weight is 608 g/mol. The van der Waals surface area contributed by atoms with E-state index in [1.54, 1.807) is 0 Å². The molecule has 35 heavy (non-hydrogen) atoms. The zero-order chi connectivity index (χ0) is 25.7. The van der Waals surface area contributed by atoms with Crippen molar-refractivity contribution in [3.8, 4) is 0 Å². The molecule has 4 atom stereocenters. The molecule has 4 unspecified atom stereocenters. The van der Waals surface area contributed by atoms with Crippen LogP contribution in [-0.2, 0) is 4.79 Å². The lowest BCUT2D eigenvalue weighted by Gasteiger charge is -2.37. The average Bonchev–Trinajstić information content (AvgIpc) is 3.44. The summed E-state index contributed by atoms with van der Waals surface area (Å²) in [5.74, 6) is 0.298. The molecule has 202 valence electrons. The summed E-state index contributed by atoms with van der Waals surface area (Å²) in [5.41, 5.74) is 0. The molecule has 2 bridgehead atoms. The Kier molecular flexibility index (Phi) is 11.6. The number of alkyl halides is 4. The molecule has 2 fully saturated rings. The molecule has 2 aliphatic carbocycles. The second-order valence-corrected chi connectivity index (χ2v) is 14.1. The van der Waals surface area contributed by atoms with E-state index in [0.29, 0.717) is 22.4 Å². The fraction of sp³-hybridized carbons (Fsp3) is 0.889. The Labute approximate surface area is 242 Å². The van der Waals surface area contributed by atoms with E-state index in [2.05, 4.69) is 6.92 Å². The molecule has 0 radical (unpaired) electrons. The number of fused-ring (bicyclic) bond motifs is 2. The van der Waals surface area contributed by atoms with Crippen LogP contribution in [0.2, 0.25) is 0 Å². The number of nitrogens with zero attached hydrogens (tertiary/aromatic N) is 1. The van der Waals surface area contributed by atoms with Crippen LogP contribution in [0.3, 0.4) is 0 Å². The highest BCUT2D eigenvalue weighted by atomic mass is 35.5. The Bertz CT molecular complexity index is 752. The minimum atomic E-state index is -1.44. The summed E-state index contributed by atoms with van der Waals surface area (Å²) in [6, 6.07) is 0. The van der Waals surface area contributed by atoms with Gasteiger partial charge in [-0.25, -0.2) is 0 Å². The van der Waals surface area contributed by atoms with Crippen LogP contribution in [0, 0.1) is 11.8 Å². The zero-order valence-corrected chi connectivity index (χ0v) is 25.5. The highest BCUT2D eigenvalue weighted by Gasteiger charge is 2.81. The van der Waals surface area contributed by atoms with Crippen molar-refractivity contribution < 1.29 is 4.79 Å². The van der Waals surface area contributed by atoms with E-state index >= 15 is 0 Å². The van der Waals surface area contributed by atoms with Gasteiger partial charge in [0.1, 0.15) is 9.75 Å². The molecule has 0 aromatic rings. The zero-order valence-electron chi connectivity index (χ0n) is 21.0. The predicted molar refractivity (Wildman–Crippen MR) is 153 cm³/mol. The summed E-state index contributed by atoms with van der Waals surface area (Å²) in [6.45, 7) is 4.10. The third-order valence-electron chi connectivity index (χ3n) is 8.49. The second kappa shape index (κ2) is 13.3. The number of allylic oxidation sites excluding steroid dienone is 2. The third kappa shape index (κ3) is 5.94. The van der Waals surface area contributed by atoms with Crippen LogP contribution in [0.25, 0.3) is 0 Å². The molecule has 1 amide bonds. The number of hydrogen-bond acceptors (Lipinski definition) is 1. The maximum absolute atomic E-state index is 12.2. The van der Waals surface area contributed by atoms with Crippen LogP contribution in [0.15, 0.2) is 10.1 Å². The van der Waals surface area contributed by atoms with E-state index in [9.17, 15) is 4.79 Å². The Morgan fingerprint density at radius 2 is 1.17 bits per heavy atom. The van der Waals surface area contributed by atoms with E-state index < -0.39 is 14.1 Å². The molecule has 8 heteroatoms. The van der Waals surface area contributed by atoms with Gasteiger partial charge in [0.05, 0.1) is 10.1 Å². The monoisotopic (exact) mass is 605 g/mol. The van der Waals surface area contributed by atoms with E-state index in [1.807, 2.05) is 4.90 Å². The summed E-state index contributed by atoms with van der Waals surface area (Å²) in [4.78, 5) is 11.9. The lowest BCUT2D eigenvalue weighted by Crippen LogP contribution is -2.44. The van der Waals surface area contributed by atoms with Gasteiger partial charge in [0, 0.05) is 19.5 Å². The van der Waals surface area contributed by atoms with Gasteiger partial charge in [-0.15, -0.1) is 23.2 Å². The quantitative estimate of drug-likeness (QED) is 0.134. The molecule has 0 aromatic carbocycles. The van der Waals surface area contributed by atoms with Crippen molar-refractivity contribution in [3.05, 3.63) is 10.1 Å². The molecular formula is C27H41Cl6NO. The number of halogens is 6. The Balaban J connectivity index is 1.51. The van der Waals surface area contributed by atoms with E-state index in [4.69, 9.17) is 69.6 Å². The Morgan fingerprint density at radius 3 is 1.66 bits per heavy atom. The van der Waals surface area contributed by atoms with Gasteiger partial charge in [-0.05, 0) is 43.9 Å². The molecule has 0 spiro atoms. The lowest BCUT2D eigenvalue weighted by molar-refractivity contribution is -0.130. The second-order valence-electron chi connectivity index (χ2n) is 10.8. The van der Waals surface area contributed by atoms with Gasteiger partial charge in [0.15, 0.2) is 4.33 Å². The van der Waals surface area contributed by atoms with Gasteiger partial charge >= 0.3 is 0 Å². The van der Waals surface area contributed by atoms with Crippen molar-refractivity contribution in [2.75, 3.05) is 13.1 Å². The smallest absolute Gasteiger partial charge is 0.222 e. The number of amides is 1. The fourth-order valence-electron chi connectivity index (χ4n) is 6.45. The van der Waals surface area contributed by atoms with Gasteiger partial charge in [0.25, 0.3) is 0 Å². The molecule has 2 nitrogen and oxygen atoms in total. The number of hydrogen-bond donors (Lipinski definition) is 0. The van der Waals surface area contributed by atoms with Crippen molar-refractivity contribution in [2.24, 2.45) is 11.8 Å². The molecule has 0 N–H and O–H groups in total. The summed E-state index contributed by atoms with van der Waals surface area (Å²) in [5, 5.41) is 0.654. The van der Waals surface area contributed by atoms with Crippen molar-refractivity contribution >= 4 is 75.5 Å². The van der Waals surface area contributed by atoms with E-state index in [1.165, 1.54) is 25.7 Å². The highest BCUT2D eigenvalue weighted by molar-refractivity contribution is 6.65. The minimum absolute atomic E-state index is 0.00377. The largest absolute Gasteiger partial charge is 0.343 e. The Morgan fingerprint density at radius 1 is 0.743 bits per heavy atom. The first kappa shape index (κ1) is 30.5. The third-order valence-corrected chi connectivity index (χ3v) is 12.8. The van der Waals surface area contributed by atoms with Gasteiger partial charge in [-0.1, -0.05) is 118 Å². The van der Waals surface area contributed by atoms with Gasteiger partial charge in [0.2, 0.25) is 5.91 Å². The summed E-state index contributed by atoms with van der Waals surface area (Å²) in [6.07, 6.45) is 17.2. The van der Waals surface area contributed by atoms with Crippen LogP contribution >= 0.6 is 69.6 Å². The molecule has 0 aromatic heterocycles. The lowest BCUT2D eigenvalue weighted by atomic mass is 9.76. The fourth-order valence-corrected chi connectivity index (χ4v) is 9.59. The summed E-state index contributed by atoms with van der Waals surface area (Å²) < 4.78 is -1.44. The molecule has 1 aliphatic heterocycles. The van der Waals surface area contributed by atoms with Gasteiger partial charge < -0.3 is 4.90 Å². The van der Waals surface area contributed by atoms with Gasteiger partial charge in [-0.3, -0.25) is 4.79 Å². The molecular weight excluding hydrogens is 567 g/mol. The number of carbonyl (C=O) groups excluding carboxylic acids is 1. The first-order valence-electron chi connectivity index (χ1n) is 13.7. The number of carbonyl (C=O) groups is 1. The van der Waals surface area contributed by atoms with Gasteiger partial charge in [-0.2, -0.15) is 0 Å². The number of likely N-dealkylation sites (tertiary alicyclic amines) is 1. The maximum atomic E-state index is 12.2. The first-order chi connectivity index (χ1) is 16.6. The normalized spacial score (nSPS) is 31.7. The standard InChI is InChI=1S/C27H41Cl6NO/c1-2-3-4-5-7-10-15-20-21(26(31)24(29)23(28)25(20,30)27(26,32)33)16-11-8-6-9-12-17-22(35)34-18-13-14-19-34/h20-21H,2-19H2,1H3. The Hall–Kier alpha value is 0.950. The first-order valence-corrected chi connectivity index (χ1v) is 16.0. The molecule has 1 saturated carbocycles. The molecule has 1 saturated heterocycles. The summed E-state index contributed by atoms with van der Waals surface area (Å²) >= 11 is 41.4. The predicted octanol–water partition coefficient (Wildman–Crippen LogP) is 10.2. The van der Waals surface area contributed by atoms with Crippen molar-refractivity contribution in [1.82, 2.24) is 4.90 Å².